The van der Waals surface area contributed by atoms with Crippen LogP contribution in [0.4, 0.5) is 0 Å². The van der Waals surface area contributed by atoms with Crippen molar-refractivity contribution in [2.75, 3.05) is 19.7 Å². The van der Waals surface area contributed by atoms with Crippen molar-refractivity contribution in [1.82, 2.24) is 15.5 Å². The number of amidine groups is 1. The molecule has 40 heavy (non-hydrogen) atoms. The van der Waals surface area contributed by atoms with E-state index in [4.69, 9.17) is 15.9 Å². The quantitative estimate of drug-likeness (QED) is 0.153. The van der Waals surface area contributed by atoms with Crippen LogP contribution in [-0.4, -0.2) is 54.2 Å². The first-order valence-corrected chi connectivity index (χ1v) is 14.2. The number of carbonyl (C=O) groups excluding carboxylic acids is 3. The Bertz CT molecular complexity index is 1340. The average Bonchev–Trinajstić information content (AvgIpc) is 3.62. The van der Waals surface area contributed by atoms with E-state index in [1.54, 1.807) is 16.3 Å². The minimum Gasteiger partial charge on any atom is -0.494 e. The van der Waals surface area contributed by atoms with Crippen LogP contribution >= 0.6 is 11.3 Å². The van der Waals surface area contributed by atoms with E-state index in [0.29, 0.717) is 31.6 Å². The maximum atomic E-state index is 13.3. The Kier molecular flexibility index (Phi) is 9.91. The summed E-state index contributed by atoms with van der Waals surface area (Å²) >= 11 is 1.41. The van der Waals surface area contributed by atoms with Crippen LogP contribution in [-0.2, 0) is 20.9 Å². The third kappa shape index (κ3) is 7.92. The molecule has 4 rings (SSSR count). The monoisotopic (exact) mass is 561 g/mol. The Morgan fingerprint density at radius 2 is 1.90 bits per heavy atom. The molecule has 10 heteroatoms. The van der Waals surface area contributed by atoms with Crippen molar-refractivity contribution in [3.63, 3.8) is 0 Å². The molecule has 210 valence electrons. The number of para-hydroxylation sites is 1. The molecule has 1 fully saturated rings. The fraction of sp³-hybridized carbons (Fsp3) is 0.333. The number of nitrogen functional groups attached to an aromatic ring is 1. The molecular formula is C30H35N5O4S. The number of benzene rings is 2. The highest BCUT2D eigenvalue weighted by Gasteiger charge is 2.40. The number of ether oxygens (including phenoxy) is 1. The molecule has 2 heterocycles. The second kappa shape index (κ2) is 13.7. The molecule has 2 aromatic carbocycles. The zero-order valence-corrected chi connectivity index (χ0v) is 23.3. The molecule has 3 aromatic rings. The fourth-order valence-corrected chi connectivity index (χ4v) is 5.56. The Morgan fingerprint density at radius 1 is 1.10 bits per heavy atom. The Hall–Kier alpha value is -4.18. The van der Waals surface area contributed by atoms with E-state index >= 15 is 0 Å². The largest absolute Gasteiger partial charge is 0.494 e. The summed E-state index contributed by atoms with van der Waals surface area (Å²) in [6.07, 6.45) is 1.25. The van der Waals surface area contributed by atoms with Crippen LogP contribution in [0, 0.1) is 12.3 Å². The van der Waals surface area contributed by atoms with Gasteiger partial charge < -0.3 is 26.0 Å². The van der Waals surface area contributed by atoms with Crippen molar-refractivity contribution in [3.05, 3.63) is 87.6 Å². The van der Waals surface area contributed by atoms with Crippen molar-refractivity contribution in [3.8, 4) is 5.75 Å². The van der Waals surface area contributed by atoms with Gasteiger partial charge in [-0.05, 0) is 43.5 Å². The summed E-state index contributed by atoms with van der Waals surface area (Å²) in [7, 11) is 0. The van der Waals surface area contributed by atoms with E-state index in [2.05, 4.69) is 16.7 Å². The van der Waals surface area contributed by atoms with Gasteiger partial charge in [-0.1, -0.05) is 48.0 Å². The number of thiophene rings is 1. The van der Waals surface area contributed by atoms with Crippen LogP contribution in [0.5, 0.6) is 5.75 Å². The first-order valence-electron chi connectivity index (χ1n) is 13.3. The lowest BCUT2D eigenvalue weighted by Gasteiger charge is -2.24. The smallest absolute Gasteiger partial charge is 0.243 e. The number of carbonyl (C=O) groups is 3. The van der Waals surface area contributed by atoms with Gasteiger partial charge in [-0.25, -0.2) is 0 Å². The number of nitrogens with two attached hydrogens (primary N) is 1. The van der Waals surface area contributed by atoms with E-state index in [1.165, 1.54) is 11.3 Å². The lowest BCUT2D eigenvalue weighted by atomic mass is 9.95. The predicted octanol–water partition coefficient (Wildman–Crippen LogP) is 3.32. The third-order valence-electron chi connectivity index (χ3n) is 6.84. The average molecular weight is 562 g/mol. The van der Waals surface area contributed by atoms with E-state index in [0.717, 1.165) is 21.8 Å². The van der Waals surface area contributed by atoms with E-state index in [9.17, 15) is 14.4 Å². The van der Waals surface area contributed by atoms with Gasteiger partial charge in [-0.3, -0.25) is 19.8 Å². The zero-order valence-electron chi connectivity index (χ0n) is 22.5. The van der Waals surface area contributed by atoms with Crippen LogP contribution < -0.4 is 21.1 Å². The molecule has 0 unspecified atom stereocenters. The van der Waals surface area contributed by atoms with Crippen molar-refractivity contribution in [1.29, 1.82) is 5.41 Å². The SMILES string of the molecule is Cc1cccc([C@@H]2C[C@@H](C(=O)NCc3cc(C(=N)N)cs3)N(C(=O)CNC(=O)CCCOc3ccccc3)C2)c1. The summed E-state index contributed by atoms with van der Waals surface area (Å²) in [6, 6.07) is 18.6. The molecule has 5 N–H and O–H groups in total. The van der Waals surface area contributed by atoms with Gasteiger partial charge >= 0.3 is 0 Å². The van der Waals surface area contributed by atoms with Gasteiger partial charge in [0.15, 0.2) is 0 Å². The number of hydrogen-bond donors (Lipinski definition) is 4. The summed E-state index contributed by atoms with van der Waals surface area (Å²) in [5.74, 6) is -0.0353. The van der Waals surface area contributed by atoms with Crippen LogP contribution in [0.1, 0.15) is 46.7 Å². The third-order valence-corrected chi connectivity index (χ3v) is 7.77. The maximum absolute atomic E-state index is 13.3. The van der Waals surface area contributed by atoms with Crippen LogP contribution in [0.2, 0.25) is 0 Å². The molecule has 0 spiro atoms. The van der Waals surface area contributed by atoms with Gasteiger partial charge in [0.1, 0.15) is 17.6 Å². The summed E-state index contributed by atoms with van der Waals surface area (Å²) in [5, 5.41) is 15.0. The molecule has 1 aliphatic rings. The number of aryl methyl sites for hydroxylation is 1. The predicted molar refractivity (Wildman–Crippen MR) is 155 cm³/mol. The van der Waals surface area contributed by atoms with Crippen LogP contribution in [0.25, 0.3) is 0 Å². The van der Waals surface area contributed by atoms with Gasteiger partial charge in [0.25, 0.3) is 0 Å². The first-order chi connectivity index (χ1) is 19.3. The summed E-state index contributed by atoms with van der Waals surface area (Å²) in [4.78, 5) is 41.4. The van der Waals surface area contributed by atoms with E-state index < -0.39 is 6.04 Å². The highest BCUT2D eigenvalue weighted by atomic mass is 32.1. The topological polar surface area (TPSA) is 138 Å². The number of amides is 3. The Morgan fingerprint density at radius 3 is 2.62 bits per heavy atom. The Balaban J connectivity index is 1.33. The molecule has 0 saturated carbocycles. The fourth-order valence-electron chi connectivity index (χ4n) is 4.74. The van der Waals surface area contributed by atoms with Crippen molar-refractivity contribution >= 4 is 34.9 Å². The summed E-state index contributed by atoms with van der Waals surface area (Å²) in [6.45, 7) is 2.93. The normalized spacial score (nSPS) is 16.4. The van der Waals surface area contributed by atoms with Crippen molar-refractivity contribution in [2.24, 2.45) is 5.73 Å². The van der Waals surface area contributed by atoms with E-state index in [1.807, 2.05) is 55.5 Å². The standard InChI is InChI=1S/C30H35N5O4S/c1-20-7-5-8-21(13-20)22-15-26(30(38)34-16-25-14-23(19-40-25)29(31)32)35(18-22)28(37)17-33-27(36)11-6-12-39-24-9-3-2-4-10-24/h2-5,7-10,13-14,19,22,26H,6,11-12,15-18H2,1H3,(H3,31,32)(H,33,36)(H,34,38)/t22-,26+/m1/s1. The molecule has 0 aliphatic carbocycles. The van der Waals surface area contributed by atoms with Gasteiger partial charge in [-0.15, -0.1) is 11.3 Å². The van der Waals surface area contributed by atoms with Gasteiger partial charge in [0, 0.05) is 34.7 Å². The second-order valence-corrected chi connectivity index (χ2v) is 10.9. The first kappa shape index (κ1) is 28.8. The Labute approximate surface area is 238 Å². The van der Waals surface area contributed by atoms with Gasteiger partial charge in [0.2, 0.25) is 17.7 Å². The molecule has 0 radical (unpaired) electrons. The number of nitrogens with one attached hydrogen (secondary N) is 3. The van der Waals surface area contributed by atoms with Gasteiger partial charge in [-0.2, -0.15) is 0 Å². The highest BCUT2D eigenvalue weighted by Crippen LogP contribution is 2.32. The molecule has 1 aromatic heterocycles. The minimum absolute atomic E-state index is 0.0106. The molecule has 0 bridgehead atoms. The summed E-state index contributed by atoms with van der Waals surface area (Å²) in [5.41, 5.74) is 8.36. The second-order valence-electron chi connectivity index (χ2n) is 9.88. The lowest BCUT2D eigenvalue weighted by Crippen LogP contribution is -2.48. The molecule has 9 nitrogen and oxygen atoms in total. The molecule has 1 saturated heterocycles. The van der Waals surface area contributed by atoms with Crippen LogP contribution in [0.3, 0.4) is 0 Å². The lowest BCUT2D eigenvalue weighted by molar-refractivity contribution is -0.138. The van der Waals surface area contributed by atoms with Crippen molar-refractivity contribution in [2.45, 2.75) is 44.7 Å². The zero-order chi connectivity index (χ0) is 28.5. The van der Waals surface area contributed by atoms with Gasteiger partial charge in [0.05, 0.1) is 19.7 Å². The number of hydrogen-bond acceptors (Lipinski definition) is 6. The van der Waals surface area contributed by atoms with Crippen LogP contribution in [0.15, 0.2) is 66.0 Å². The highest BCUT2D eigenvalue weighted by molar-refractivity contribution is 7.10. The molecule has 3 amide bonds. The summed E-state index contributed by atoms with van der Waals surface area (Å²) < 4.78 is 5.62. The molecule has 2 atom stereocenters. The van der Waals surface area contributed by atoms with E-state index in [-0.39, 0.29) is 49.0 Å². The molecular weight excluding hydrogens is 526 g/mol. The maximum Gasteiger partial charge on any atom is 0.243 e. The number of rotatable bonds is 12. The molecule has 1 aliphatic heterocycles. The number of likely N-dealkylation sites (tertiary alicyclic amines) is 1. The minimum atomic E-state index is -0.651. The van der Waals surface area contributed by atoms with Crippen molar-refractivity contribution < 1.29 is 19.1 Å². The number of nitrogens with zero attached hydrogens (tertiary/aromatic N) is 1.